The minimum Gasteiger partial charge on any atom is -0.471 e. The highest BCUT2D eigenvalue weighted by Crippen LogP contribution is 2.29. The Morgan fingerprint density at radius 3 is 2.58 bits per heavy atom. The highest BCUT2D eigenvalue weighted by atomic mass is 32.2. The standard InChI is InChI=1S/C18H17F3N2O2S/c19-18(20,21)15-7-4-8-16(22-15)25-13-11-23(12-13)17(24)9-10-26-14-5-2-1-3-6-14/h1-8,13H,9-12H2. The van der Waals surface area contributed by atoms with Crippen LogP contribution in [0.2, 0.25) is 0 Å². The molecule has 0 saturated carbocycles. The number of hydrogen-bond donors (Lipinski definition) is 0. The van der Waals surface area contributed by atoms with Crippen LogP contribution in [0.5, 0.6) is 5.88 Å². The number of thioether (sulfide) groups is 1. The number of rotatable bonds is 6. The summed E-state index contributed by atoms with van der Waals surface area (Å²) >= 11 is 1.61. The van der Waals surface area contributed by atoms with Crippen molar-refractivity contribution in [3.63, 3.8) is 0 Å². The third-order valence-electron chi connectivity index (χ3n) is 3.83. The van der Waals surface area contributed by atoms with E-state index in [-0.39, 0.29) is 17.9 Å². The topological polar surface area (TPSA) is 42.4 Å². The van der Waals surface area contributed by atoms with Gasteiger partial charge in [-0.1, -0.05) is 24.3 Å². The minimum absolute atomic E-state index is 0.0188. The zero-order valence-corrected chi connectivity index (χ0v) is 14.6. The number of alkyl halides is 3. The molecule has 1 fully saturated rings. The Bertz CT molecular complexity index is 750. The number of carbonyl (C=O) groups is 1. The number of aromatic nitrogens is 1. The maximum Gasteiger partial charge on any atom is 0.433 e. The summed E-state index contributed by atoms with van der Waals surface area (Å²) in [5, 5.41) is 0. The van der Waals surface area contributed by atoms with Gasteiger partial charge in [0.05, 0.1) is 13.1 Å². The number of nitrogens with zero attached hydrogens (tertiary/aromatic N) is 2. The van der Waals surface area contributed by atoms with E-state index in [9.17, 15) is 18.0 Å². The molecule has 1 aromatic carbocycles. The largest absolute Gasteiger partial charge is 0.471 e. The molecule has 1 amide bonds. The monoisotopic (exact) mass is 382 g/mol. The number of carbonyl (C=O) groups excluding carboxylic acids is 1. The van der Waals surface area contributed by atoms with Gasteiger partial charge in [-0.15, -0.1) is 11.8 Å². The first-order chi connectivity index (χ1) is 12.4. The fraction of sp³-hybridized carbons (Fsp3) is 0.333. The molecule has 0 unspecified atom stereocenters. The van der Waals surface area contributed by atoms with E-state index in [2.05, 4.69) is 4.98 Å². The molecule has 0 bridgehead atoms. The second-order valence-electron chi connectivity index (χ2n) is 5.81. The maximum absolute atomic E-state index is 12.6. The Hall–Kier alpha value is -2.22. The van der Waals surface area contributed by atoms with Crippen molar-refractivity contribution >= 4 is 17.7 Å². The number of pyridine rings is 1. The Morgan fingerprint density at radius 2 is 1.88 bits per heavy atom. The molecule has 0 spiro atoms. The summed E-state index contributed by atoms with van der Waals surface area (Å²) in [5.74, 6) is 0.627. The molecule has 2 aromatic rings. The molecule has 8 heteroatoms. The van der Waals surface area contributed by atoms with Crippen LogP contribution >= 0.6 is 11.8 Å². The van der Waals surface area contributed by atoms with Gasteiger partial charge < -0.3 is 9.64 Å². The van der Waals surface area contributed by atoms with Crippen molar-refractivity contribution in [3.05, 3.63) is 54.2 Å². The maximum atomic E-state index is 12.6. The predicted molar refractivity (Wildman–Crippen MR) is 92.0 cm³/mol. The molecular weight excluding hydrogens is 365 g/mol. The summed E-state index contributed by atoms with van der Waals surface area (Å²) in [4.78, 5) is 18.3. The molecule has 3 rings (SSSR count). The molecule has 138 valence electrons. The average Bonchev–Trinajstić information content (AvgIpc) is 2.58. The molecular formula is C18H17F3N2O2S. The third-order valence-corrected chi connectivity index (χ3v) is 4.84. The average molecular weight is 382 g/mol. The van der Waals surface area contributed by atoms with Gasteiger partial charge in [0.15, 0.2) is 0 Å². The van der Waals surface area contributed by atoms with Crippen LogP contribution in [0.3, 0.4) is 0 Å². The van der Waals surface area contributed by atoms with Crippen LogP contribution in [0.15, 0.2) is 53.4 Å². The van der Waals surface area contributed by atoms with Crippen molar-refractivity contribution in [1.29, 1.82) is 0 Å². The first kappa shape index (κ1) is 18.6. The van der Waals surface area contributed by atoms with Gasteiger partial charge in [0.1, 0.15) is 11.8 Å². The third kappa shape index (κ3) is 4.91. The first-order valence-corrected chi connectivity index (χ1v) is 9.07. The van der Waals surface area contributed by atoms with Crippen LogP contribution in [0.1, 0.15) is 12.1 Å². The Labute approximate surface area is 153 Å². The summed E-state index contributed by atoms with van der Waals surface area (Å²) in [6.45, 7) is 0.736. The molecule has 0 radical (unpaired) electrons. The number of halogens is 3. The van der Waals surface area contributed by atoms with Gasteiger partial charge in [0, 0.05) is 23.1 Å². The van der Waals surface area contributed by atoms with E-state index in [0.717, 1.165) is 11.0 Å². The number of likely N-dealkylation sites (tertiary alicyclic amines) is 1. The van der Waals surface area contributed by atoms with Crippen LogP contribution < -0.4 is 4.74 Å². The van der Waals surface area contributed by atoms with Crippen molar-refractivity contribution in [1.82, 2.24) is 9.88 Å². The predicted octanol–water partition coefficient (Wildman–Crippen LogP) is 3.87. The molecule has 1 aliphatic rings. The van der Waals surface area contributed by atoms with E-state index in [0.29, 0.717) is 25.3 Å². The quantitative estimate of drug-likeness (QED) is 0.712. The fourth-order valence-electron chi connectivity index (χ4n) is 2.46. The Kier molecular flexibility index (Phi) is 5.70. The smallest absolute Gasteiger partial charge is 0.433 e. The molecule has 1 saturated heterocycles. The molecule has 2 heterocycles. The molecule has 0 atom stereocenters. The highest BCUT2D eigenvalue weighted by Gasteiger charge is 2.34. The second-order valence-corrected chi connectivity index (χ2v) is 6.98. The van der Waals surface area contributed by atoms with Gasteiger partial charge in [0.2, 0.25) is 11.8 Å². The number of hydrogen-bond acceptors (Lipinski definition) is 4. The van der Waals surface area contributed by atoms with E-state index in [1.165, 1.54) is 12.1 Å². The highest BCUT2D eigenvalue weighted by molar-refractivity contribution is 7.99. The molecule has 4 nitrogen and oxygen atoms in total. The summed E-state index contributed by atoms with van der Waals surface area (Å²) in [6, 6.07) is 13.4. The summed E-state index contributed by atoms with van der Waals surface area (Å²) in [6.07, 6.45) is -4.41. The lowest BCUT2D eigenvalue weighted by Crippen LogP contribution is -2.56. The fourth-order valence-corrected chi connectivity index (χ4v) is 3.32. The summed E-state index contributed by atoms with van der Waals surface area (Å²) in [7, 11) is 0. The van der Waals surface area contributed by atoms with Crippen LogP contribution in [-0.4, -0.2) is 40.7 Å². The van der Waals surface area contributed by atoms with Crippen LogP contribution in [0.25, 0.3) is 0 Å². The van der Waals surface area contributed by atoms with E-state index in [1.807, 2.05) is 30.3 Å². The van der Waals surface area contributed by atoms with Crippen LogP contribution in [0, 0.1) is 0 Å². The van der Waals surface area contributed by atoms with Gasteiger partial charge >= 0.3 is 6.18 Å². The van der Waals surface area contributed by atoms with Gasteiger partial charge in [0.25, 0.3) is 0 Å². The van der Waals surface area contributed by atoms with Crippen molar-refractivity contribution in [2.45, 2.75) is 23.6 Å². The van der Waals surface area contributed by atoms with Crippen molar-refractivity contribution in [3.8, 4) is 5.88 Å². The minimum atomic E-state index is -4.50. The normalized spacial score (nSPS) is 14.8. The van der Waals surface area contributed by atoms with E-state index < -0.39 is 11.9 Å². The number of ether oxygens (including phenoxy) is 1. The zero-order chi connectivity index (χ0) is 18.6. The molecule has 26 heavy (non-hydrogen) atoms. The van der Waals surface area contributed by atoms with Crippen LogP contribution in [0.4, 0.5) is 13.2 Å². The summed E-state index contributed by atoms with van der Waals surface area (Å²) in [5.41, 5.74) is -0.986. The van der Waals surface area contributed by atoms with Gasteiger partial charge in [-0.25, -0.2) is 4.98 Å². The lowest BCUT2D eigenvalue weighted by molar-refractivity contribution is -0.142. The van der Waals surface area contributed by atoms with Crippen molar-refractivity contribution in [2.24, 2.45) is 0 Å². The second kappa shape index (κ2) is 7.99. The lowest BCUT2D eigenvalue weighted by atomic mass is 10.1. The molecule has 1 aliphatic heterocycles. The number of benzene rings is 1. The van der Waals surface area contributed by atoms with Crippen molar-refractivity contribution < 1.29 is 22.7 Å². The Morgan fingerprint density at radius 1 is 1.15 bits per heavy atom. The molecule has 0 aliphatic carbocycles. The SMILES string of the molecule is O=C(CCSc1ccccc1)N1CC(Oc2cccc(C(F)(F)F)n2)C1. The van der Waals surface area contributed by atoms with E-state index in [1.54, 1.807) is 16.7 Å². The summed E-state index contributed by atoms with van der Waals surface area (Å²) < 4.78 is 43.3. The molecule has 1 aromatic heterocycles. The van der Waals surface area contributed by atoms with Crippen LogP contribution in [-0.2, 0) is 11.0 Å². The number of amides is 1. The van der Waals surface area contributed by atoms with Gasteiger partial charge in [-0.05, 0) is 18.2 Å². The van der Waals surface area contributed by atoms with Gasteiger partial charge in [-0.2, -0.15) is 13.2 Å². The van der Waals surface area contributed by atoms with Crippen molar-refractivity contribution in [2.75, 3.05) is 18.8 Å². The molecule has 0 N–H and O–H groups in total. The Balaban J connectivity index is 1.40. The lowest BCUT2D eigenvalue weighted by Gasteiger charge is -2.38. The van der Waals surface area contributed by atoms with E-state index in [4.69, 9.17) is 4.74 Å². The van der Waals surface area contributed by atoms with Gasteiger partial charge in [-0.3, -0.25) is 4.79 Å². The zero-order valence-electron chi connectivity index (χ0n) is 13.8. The first-order valence-electron chi connectivity index (χ1n) is 8.08. The van der Waals surface area contributed by atoms with E-state index >= 15 is 0 Å².